The van der Waals surface area contributed by atoms with Crippen molar-refractivity contribution in [1.82, 2.24) is 0 Å². The third kappa shape index (κ3) is 8.00. The predicted molar refractivity (Wildman–Crippen MR) is 55.4 cm³/mol. The van der Waals surface area contributed by atoms with Gasteiger partial charge in [-0.2, -0.15) is 0 Å². The Bertz CT molecular complexity index is 154. The molecular formula is C11H22O2. The first-order chi connectivity index (χ1) is 5.77. The summed E-state index contributed by atoms with van der Waals surface area (Å²) in [6.07, 6.45) is 2.63. The molecule has 0 amide bonds. The van der Waals surface area contributed by atoms with Crippen LogP contribution in [0.1, 0.15) is 41.0 Å². The molecule has 13 heavy (non-hydrogen) atoms. The molecule has 0 radical (unpaired) electrons. The highest BCUT2D eigenvalue weighted by Crippen LogP contribution is 2.29. The maximum Gasteiger partial charge on any atom is 0.100 e. The molecule has 0 heterocycles. The Kier molecular flexibility index (Phi) is 4.65. The molecule has 0 unspecified atom stereocenters. The molecule has 0 N–H and O–H groups in total. The summed E-state index contributed by atoms with van der Waals surface area (Å²) in [6.45, 7) is 14.6. The highest BCUT2D eigenvalue weighted by Gasteiger charge is 2.27. The molecule has 0 aromatic carbocycles. The van der Waals surface area contributed by atoms with Gasteiger partial charge in [-0.05, 0) is 25.7 Å². The molecule has 0 aliphatic rings. The van der Waals surface area contributed by atoms with E-state index >= 15 is 0 Å². The highest BCUT2D eigenvalue weighted by atomic mass is 17.2. The summed E-state index contributed by atoms with van der Waals surface area (Å²) >= 11 is 0. The van der Waals surface area contributed by atoms with Crippen LogP contribution in [0.5, 0.6) is 0 Å². The van der Waals surface area contributed by atoms with Crippen molar-refractivity contribution in [3.05, 3.63) is 12.7 Å². The fourth-order valence-electron chi connectivity index (χ4n) is 1.55. The Hall–Kier alpha value is -0.340. The van der Waals surface area contributed by atoms with E-state index in [0.717, 1.165) is 6.42 Å². The Morgan fingerprint density at radius 3 is 2.08 bits per heavy atom. The first-order valence-electron chi connectivity index (χ1n) is 4.68. The Morgan fingerprint density at radius 2 is 1.69 bits per heavy atom. The smallest absolute Gasteiger partial charge is 0.100 e. The van der Waals surface area contributed by atoms with Crippen molar-refractivity contribution in [2.45, 2.75) is 46.6 Å². The SMILES string of the molecule is C=CCOOC(C)(C)CC(C)(C)C. The van der Waals surface area contributed by atoms with E-state index in [-0.39, 0.29) is 11.0 Å². The third-order valence-electron chi connectivity index (χ3n) is 1.43. The average Bonchev–Trinajstić information content (AvgIpc) is 1.81. The number of hydrogen-bond donors (Lipinski definition) is 0. The Morgan fingerprint density at radius 1 is 1.15 bits per heavy atom. The van der Waals surface area contributed by atoms with E-state index in [2.05, 4.69) is 27.4 Å². The Labute approximate surface area is 81.9 Å². The highest BCUT2D eigenvalue weighted by molar-refractivity contribution is 4.75. The lowest BCUT2D eigenvalue weighted by Gasteiger charge is -2.30. The molecule has 2 heteroatoms. The van der Waals surface area contributed by atoms with Crippen molar-refractivity contribution in [2.24, 2.45) is 5.41 Å². The minimum Gasteiger partial charge on any atom is -0.232 e. The van der Waals surface area contributed by atoms with Crippen LogP contribution in [0.2, 0.25) is 0 Å². The second-order valence-electron chi connectivity index (χ2n) is 5.15. The van der Waals surface area contributed by atoms with Gasteiger partial charge >= 0.3 is 0 Å². The lowest BCUT2D eigenvalue weighted by atomic mass is 9.84. The zero-order valence-electron chi connectivity index (χ0n) is 9.52. The van der Waals surface area contributed by atoms with Gasteiger partial charge in [0.05, 0.1) is 5.60 Å². The zero-order chi connectivity index (χ0) is 10.5. The summed E-state index contributed by atoms with van der Waals surface area (Å²) in [5.41, 5.74) is 0.0162. The van der Waals surface area contributed by atoms with E-state index in [4.69, 9.17) is 9.78 Å². The molecule has 0 aromatic rings. The lowest BCUT2D eigenvalue weighted by Crippen LogP contribution is -2.30. The Balaban J connectivity index is 3.86. The van der Waals surface area contributed by atoms with Crippen molar-refractivity contribution in [3.8, 4) is 0 Å². The largest absolute Gasteiger partial charge is 0.232 e. The fraction of sp³-hybridized carbons (Fsp3) is 0.818. The molecule has 0 spiro atoms. The van der Waals surface area contributed by atoms with Crippen molar-refractivity contribution in [3.63, 3.8) is 0 Å². The summed E-state index contributed by atoms with van der Waals surface area (Å²) in [5.74, 6) is 0. The second-order valence-corrected chi connectivity index (χ2v) is 5.15. The molecule has 0 aromatic heterocycles. The zero-order valence-corrected chi connectivity index (χ0v) is 9.52. The number of hydrogen-bond acceptors (Lipinski definition) is 2. The van der Waals surface area contributed by atoms with Crippen molar-refractivity contribution < 1.29 is 9.78 Å². The normalized spacial score (nSPS) is 13.0. The van der Waals surface area contributed by atoms with Gasteiger partial charge in [0.1, 0.15) is 6.61 Å². The van der Waals surface area contributed by atoms with Crippen LogP contribution >= 0.6 is 0 Å². The van der Waals surface area contributed by atoms with E-state index < -0.39 is 0 Å². The maximum atomic E-state index is 5.27. The maximum absolute atomic E-state index is 5.27. The minimum atomic E-state index is -0.235. The molecular weight excluding hydrogens is 164 g/mol. The van der Waals surface area contributed by atoms with Gasteiger partial charge in [-0.15, -0.1) is 6.58 Å². The van der Waals surface area contributed by atoms with E-state index in [1.165, 1.54) is 0 Å². The van der Waals surface area contributed by atoms with Gasteiger partial charge in [-0.3, -0.25) is 0 Å². The van der Waals surface area contributed by atoms with E-state index in [1.807, 2.05) is 13.8 Å². The quantitative estimate of drug-likeness (QED) is 0.284. The topological polar surface area (TPSA) is 18.5 Å². The van der Waals surface area contributed by atoms with Crippen LogP contribution in [0.15, 0.2) is 12.7 Å². The monoisotopic (exact) mass is 186 g/mol. The second kappa shape index (κ2) is 4.77. The molecule has 2 nitrogen and oxygen atoms in total. The number of rotatable bonds is 5. The standard InChI is InChI=1S/C11H22O2/c1-7-8-12-13-11(5,6)9-10(2,3)4/h7H,1,8-9H2,2-6H3. The van der Waals surface area contributed by atoms with Crippen molar-refractivity contribution in [2.75, 3.05) is 6.61 Å². The van der Waals surface area contributed by atoms with Gasteiger partial charge in [0, 0.05) is 0 Å². The summed E-state index contributed by atoms with van der Waals surface area (Å²) in [7, 11) is 0. The van der Waals surface area contributed by atoms with Crippen LogP contribution in [0, 0.1) is 5.41 Å². The van der Waals surface area contributed by atoms with Crippen LogP contribution < -0.4 is 0 Å². The molecule has 0 aliphatic heterocycles. The van der Waals surface area contributed by atoms with Crippen LogP contribution in [0.4, 0.5) is 0 Å². The summed E-state index contributed by atoms with van der Waals surface area (Å²) in [4.78, 5) is 10.3. The van der Waals surface area contributed by atoms with Crippen LogP contribution in [0.25, 0.3) is 0 Å². The van der Waals surface area contributed by atoms with E-state index in [0.29, 0.717) is 6.61 Å². The molecule has 0 fully saturated rings. The molecule has 0 aliphatic carbocycles. The first kappa shape index (κ1) is 12.7. The first-order valence-corrected chi connectivity index (χ1v) is 4.68. The predicted octanol–water partition coefficient (Wildman–Crippen LogP) is 3.34. The van der Waals surface area contributed by atoms with E-state index in [1.54, 1.807) is 6.08 Å². The average molecular weight is 186 g/mol. The fourth-order valence-corrected chi connectivity index (χ4v) is 1.55. The van der Waals surface area contributed by atoms with E-state index in [9.17, 15) is 0 Å². The van der Waals surface area contributed by atoms with Gasteiger partial charge in [0.25, 0.3) is 0 Å². The van der Waals surface area contributed by atoms with Crippen LogP contribution in [-0.2, 0) is 9.78 Å². The molecule has 0 atom stereocenters. The lowest BCUT2D eigenvalue weighted by molar-refractivity contribution is -0.351. The summed E-state index contributed by atoms with van der Waals surface area (Å²) in [6, 6.07) is 0. The van der Waals surface area contributed by atoms with Gasteiger partial charge in [-0.25, -0.2) is 9.78 Å². The molecule has 0 rings (SSSR count). The van der Waals surface area contributed by atoms with Gasteiger partial charge < -0.3 is 0 Å². The molecule has 78 valence electrons. The van der Waals surface area contributed by atoms with Gasteiger partial charge in [0.2, 0.25) is 0 Å². The summed E-state index contributed by atoms with van der Waals surface area (Å²) in [5, 5.41) is 0. The molecule has 0 saturated heterocycles. The van der Waals surface area contributed by atoms with Crippen LogP contribution in [0.3, 0.4) is 0 Å². The van der Waals surface area contributed by atoms with Crippen molar-refractivity contribution in [1.29, 1.82) is 0 Å². The summed E-state index contributed by atoms with van der Waals surface area (Å²) < 4.78 is 0. The third-order valence-corrected chi connectivity index (χ3v) is 1.43. The van der Waals surface area contributed by atoms with Gasteiger partial charge in [0.15, 0.2) is 0 Å². The minimum absolute atomic E-state index is 0.235. The molecule has 0 bridgehead atoms. The van der Waals surface area contributed by atoms with Gasteiger partial charge in [-0.1, -0.05) is 26.8 Å². The molecule has 0 saturated carbocycles. The van der Waals surface area contributed by atoms with Crippen molar-refractivity contribution >= 4 is 0 Å². The van der Waals surface area contributed by atoms with Crippen LogP contribution in [-0.4, -0.2) is 12.2 Å².